The van der Waals surface area contributed by atoms with E-state index in [1.54, 1.807) is 25.3 Å². The normalized spacial score (nSPS) is 13.0. The van der Waals surface area contributed by atoms with Crippen molar-refractivity contribution in [2.45, 2.75) is 39.2 Å². The van der Waals surface area contributed by atoms with Gasteiger partial charge in [-0.1, -0.05) is 5.16 Å². The Hall–Kier alpha value is -2.38. The van der Waals surface area contributed by atoms with Gasteiger partial charge in [-0.15, -0.1) is 0 Å². The summed E-state index contributed by atoms with van der Waals surface area (Å²) < 4.78 is 30.6. The first kappa shape index (κ1) is 16.0. The fraction of sp³-hybridized carbons (Fsp3) is 0.429. The lowest BCUT2D eigenvalue weighted by Gasteiger charge is -2.12. The third-order valence-electron chi connectivity index (χ3n) is 2.82. The van der Waals surface area contributed by atoms with Crippen molar-refractivity contribution in [3.05, 3.63) is 29.9 Å². The zero-order valence-electron chi connectivity index (χ0n) is 12.4. The van der Waals surface area contributed by atoms with Crippen molar-refractivity contribution >= 4 is 5.91 Å². The Morgan fingerprint density at radius 3 is 2.86 bits per heavy atom. The Balaban J connectivity index is 2.06. The van der Waals surface area contributed by atoms with Crippen molar-refractivity contribution in [1.82, 2.24) is 20.4 Å². The Morgan fingerprint density at radius 2 is 2.23 bits per heavy atom. The number of aromatic nitrogens is 3. The molecule has 0 saturated carbocycles. The van der Waals surface area contributed by atoms with Crippen LogP contribution in [-0.2, 0) is 4.79 Å². The Bertz CT molecular complexity index is 667. The second-order valence-corrected chi connectivity index (χ2v) is 5.18. The van der Waals surface area contributed by atoms with E-state index < -0.39 is 24.3 Å². The van der Waals surface area contributed by atoms with Crippen LogP contribution in [0.1, 0.15) is 37.9 Å². The predicted octanol–water partition coefficient (Wildman–Crippen LogP) is 2.66. The maximum atomic E-state index is 12.8. The second kappa shape index (κ2) is 6.17. The monoisotopic (exact) mass is 310 g/mol. The van der Waals surface area contributed by atoms with Crippen LogP contribution in [0.25, 0.3) is 11.4 Å². The molecule has 2 aromatic heterocycles. The molecule has 118 valence electrons. The highest BCUT2D eigenvalue weighted by molar-refractivity contribution is 5.77. The lowest BCUT2D eigenvalue weighted by molar-refractivity contribution is -0.128. The van der Waals surface area contributed by atoms with Crippen LogP contribution < -0.4 is 5.32 Å². The van der Waals surface area contributed by atoms with Crippen LogP contribution in [-0.4, -0.2) is 27.0 Å². The highest BCUT2D eigenvalue weighted by Crippen LogP contribution is 2.20. The predicted molar refractivity (Wildman–Crippen MR) is 74.1 cm³/mol. The highest BCUT2D eigenvalue weighted by Gasteiger charge is 2.27. The molecule has 8 heteroatoms. The van der Waals surface area contributed by atoms with E-state index in [1.807, 2.05) is 6.92 Å². The van der Waals surface area contributed by atoms with E-state index in [2.05, 4.69) is 20.4 Å². The molecule has 0 spiro atoms. The Kier molecular flexibility index (Phi) is 4.48. The summed E-state index contributed by atoms with van der Waals surface area (Å²) in [4.78, 5) is 19.7. The molecule has 0 fully saturated rings. The molecule has 0 aliphatic heterocycles. The summed E-state index contributed by atoms with van der Waals surface area (Å²) in [7, 11) is 0. The zero-order chi connectivity index (χ0) is 16.3. The maximum Gasteiger partial charge on any atom is 0.254 e. The number of alkyl halides is 2. The zero-order valence-corrected chi connectivity index (χ0v) is 12.4. The van der Waals surface area contributed by atoms with E-state index >= 15 is 0 Å². The standard InChI is InChI=1S/C14H16F2N4O2/c1-8-6-10(4-5-17-8)12-19-13(22-20-12)9(2)18-11(21)7-14(3,15)16/h4-6,9H,7H2,1-3H3,(H,18,21)/t9-/m0/s1. The molecule has 0 bridgehead atoms. The molecular weight excluding hydrogens is 294 g/mol. The van der Waals surface area contributed by atoms with Crippen LogP contribution in [0.2, 0.25) is 0 Å². The Morgan fingerprint density at radius 1 is 1.50 bits per heavy atom. The number of halogens is 2. The number of rotatable bonds is 5. The molecule has 0 radical (unpaired) electrons. The summed E-state index contributed by atoms with van der Waals surface area (Å²) in [5, 5.41) is 6.22. The van der Waals surface area contributed by atoms with Crippen molar-refractivity contribution in [2.75, 3.05) is 0 Å². The SMILES string of the molecule is Cc1cc(-c2noc([C@H](C)NC(=O)CC(C)(F)F)n2)ccn1. The number of amides is 1. The Labute approximate surface area is 125 Å². The van der Waals surface area contributed by atoms with Crippen LogP contribution in [0.4, 0.5) is 8.78 Å². The molecule has 22 heavy (non-hydrogen) atoms. The van der Waals surface area contributed by atoms with E-state index in [1.165, 1.54) is 0 Å². The first-order chi connectivity index (χ1) is 10.2. The van der Waals surface area contributed by atoms with Crippen LogP contribution in [0.15, 0.2) is 22.9 Å². The van der Waals surface area contributed by atoms with Crippen LogP contribution in [0, 0.1) is 6.92 Å². The fourth-order valence-corrected chi connectivity index (χ4v) is 1.85. The molecule has 0 aromatic carbocycles. The number of hydrogen-bond donors (Lipinski definition) is 1. The molecule has 1 amide bonds. The van der Waals surface area contributed by atoms with Crippen molar-refractivity contribution in [2.24, 2.45) is 0 Å². The lowest BCUT2D eigenvalue weighted by Crippen LogP contribution is -2.31. The molecule has 2 rings (SSSR count). The van der Waals surface area contributed by atoms with Gasteiger partial charge >= 0.3 is 0 Å². The third-order valence-corrected chi connectivity index (χ3v) is 2.82. The average Bonchev–Trinajstić information content (AvgIpc) is 2.85. The van der Waals surface area contributed by atoms with Gasteiger partial charge in [-0.05, 0) is 32.9 Å². The molecular formula is C14H16F2N4O2. The van der Waals surface area contributed by atoms with Crippen molar-refractivity contribution in [1.29, 1.82) is 0 Å². The number of carbonyl (C=O) groups is 1. The summed E-state index contributed by atoms with van der Waals surface area (Å²) in [6.45, 7) is 4.10. The average molecular weight is 310 g/mol. The van der Waals surface area contributed by atoms with Crippen molar-refractivity contribution in [3.8, 4) is 11.4 Å². The molecule has 1 atom stereocenters. The van der Waals surface area contributed by atoms with Gasteiger partial charge in [-0.3, -0.25) is 9.78 Å². The van der Waals surface area contributed by atoms with Crippen molar-refractivity contribution < 1.29 is 18.1 Å². The second-order valence-electron chi connectivity index (χ2n) is 5.18. The van der Waals surface area contributed by atoms with Crippen LogP contribution >= 0.6 is 0 Å². The molecule has 2 heterocycles. The van der Waals surface area contributed by atoms with Gasteiger partial charge in [0.05, 0.1) is 6.42 Å². The summed E-state index contributed by atoms with van der Waals surface area (Å²) in [6, 6.07) is 2.86. The minimum atomic E-state index is -3.06. The van der Waals surface area contributed by atoms with E-state index in [0.29, 0.717) is 12.7 Å². The first-order valence-electron chi connectivity index (χ1n) is 6.68. The molecule has 6 nitrogen and oxygen atoms in total. The quantitative estimate of drug-likeness (QED) is 0.918. The largest absolute Gasteiger partial charge is 0.344 e. The van der Waals surface area contributed by atoms with Gasteiger partial charge in [0.25, 0.3) is 5.92 Å². The fourth-order valence-electron chi connectivity index (χ4n) is 1.85. The van der Waals surface area contributed by atoms with Crippen molar-refractivity contribution in [3.63, 3.8) is 0 Å². The minimum Gasteiger partial charge on any atom is -0.344 e. The van der Waals surface area contributed by atoms with Gasteiger partial charge in [0.2, 0.25) is 17.6 Å². The lowest BCUT2D eigenvalue weighted by atomic mass is 10.2. The first-order valence-corrected chi connectivity index (χ1v) is 6.68. The molecule has 0 aliphatic carbocycles. The molecule has 2 aromatic rings. The molecule has 0 saturated heterocycles. The van der Waals surface area contributed by atoms with Gasteiger partial charge in [-0.2, -0.15) is 4.98 Å². The van der Waals surface area contributed by atoms with Gasteiger partial charge in [0, 0.05) is 17.5 Å². The number of carbonyl (C=O) groups excluding carboxylic acids is 1. The number of nitrogens with zero attached hydrogens (tertiary/aromatic N) is 3. The highest BCUT2D eigenvalue weighted by atomic mass is 19.3. The van der Waals surface area contributed by atoms with Crippen LogP contribution in [0.3, 0.4) is 0 Å². The number of nitrogens with one attached hydrogen (secondary N) is 1. The summed E-state index contributed by atoms with van der Waals surface area (Å²) in [5.41, 5.74) is 1.52. The topological polar surface area (TPSA) is 80.9 Å². The van der Waals surface area contributed by atoms with Gasteiger partial charge in [0.1, 0.15) is 6.04 Å². The minimum absolute atomic E-state index is 0.150. The number of hydrogen-bond acceptors (Lipinski definition) is 5. The van der Waals surface area contributed by atoms with Gasteiger partial charge < -0.3 is 9.84 Å². The van der Waals surface area contributed by atoms with Gasteiger partial charge in [0.15, 0.2) is 0 Å². The summed E-state index contributed by atoms with van der Waals surface area (Å²) in [6.07, 6.45) is 0.733. The molecule has 0 aliphatic rings. The molecule has 1 N–H and O–H groups in total. The van der Waals surface area contributed by atoms with E-state index in [4.69, 9.17) is 4.52 Å². The summed E-state index contributed by atoms with van der Waals surface area (Å²) in [5.74, 6) is -3.34. The summed E-state index contributed by atoms with van der Waals surface area (Å²) >= 11 is 0. The van der Waals surface area contributed by atoms with E-state index in [9.17, 15) is 13.6 Å². The third kappa shape index (κ3) is 4.31. The van der Waals surface area contributed by atoms with E-state index in [-0.39, 0.29) is 5.89 Å². The van der Waals surface area contributed by atoms with E-state index in [0.717, 1.165) is 11.3 Å². The maximum absolute atomic E-state index is 12.8. The number of pyridine rings is 1. The number of aryl methyl sites for hydroxylation is 1. The van der Waals surface area contributed by atoms with Gasteiger partial charge in [-0.25, -0.2) is 8.78 Å². The molecule has 0 unspecified atom stereocenters. The smallest absolute Gasteiger partial charge is 0.254 e. The van der Waals surface area contributed by atoms with Crippen LogP contribution in [0.5, 0.6) is 0 Å².